The van der Waals surface area contributed by atoms with Crippen LogP contribution in [0.2, 0.25) is 0 Å². The molecule has 240 valence electrons. The summed E-state index contributed by atoms with van der Waals surface area (Å²) in [4.78, 5) is 65.7. The maximum atomic E-state index is 14.2. The second-order valence-electron chi connectivity index (χ2n) is 12.6. The normalized spacial score (nSPS) is 34.0. The Balaban J connectivity index is 2.21. The van der Waals surface area contributed by atoms with Crippen molar-refractivity contribution in [3.05, 3.63) is 23.8 Å². The van der Waals surface area contributed by atoms with Crippen LogP contribution in [0.4, 0.5) is 0 Å². The van der Waals surface area contributed by atoms with Crippen LogP contribution in [0.1, 0.15) is 81.6 Å². The minimum atomic E-state index is -1.25. The number of epoxide rings is 1. The number of esters is 4. The van der Waals surface area contributed by atoms with Gasteiger partial charge in [-0.15, -0.1) is 0 Å². The molecule has 11 atom stereocenters. The Morgan fingerprint density at radius 1 is 0.977 bits per heavy atom. The van der Waals surface area contributed by atoms with Crippen molar-refractivity contribution < 1.29 is 47.7 Å². The summed E-state index contributed by atoms with van der Waals surface area (Å²) in [5, 5.41) is 0. The number of fused-ring (bicyclic) bond motifs is 1. The first-order valence-corrected chi connectivity index (χ1v) is 15.4. The number of carbonyl (C=O) groups excluding carboxylic acids is 5. The van der Waals surface area contributed by atoms with Crippen molar-refractivity contribution in [1.82, 2.24) is 0 Å². The van der Waals surface area contributed by atoms with Crippen LogP contribution in [-0.4, -0.2) is 66.3 Å². The average molecular weight is 605 g/mol. The molecular weight excluding hydrogens is 556 g/mol. The van der Waals surface area contributed by atoms with Crippen molar-refractivity contribution in [2.45, 2.75) is 112 Å². The summed E-state index contributed by atoms with van der Waals surface area (Å²) in [6, 6.07) is 0. The van der Waals surface area contributed by atoms with Crippen LogP contribution in [-0.2, 0) is 47.7 Å². The fourth-order valence-electron chi connectivity index (χ4n) is 6.31. The molecule has 0 spiro atoms. The summed E-state index contributed by atoms with van der Waals surface area (Å²) in [7, 11) is 0. The lowest BCUT2D eigenvalue weighted by Crippen LogP contribution is -2.58. The van der Waals surface area contributed by atoms with Crippen LogP contribution in [0, 0.1) is 35.5 Å². The van der Waals surface area contributed by atoms with E-state index in [1.165, 1.54) is 13.0 Å². The van der Waals surface area contributed by atoms with E-state index < -0.39 is 95.2 Å². The van der Waals surface area contributed by atoms with Gasteiger partial charge in [-0.1, -0.05) is 46.8 Å². The van der Waals surface area contributed by atoms with Gasteiger partial charge in [0.15, 0.2) is 18.0 Å². The van der Waals surface area contributed by atoms with E-state index in [2.05, 4.69) is 6.58 Å². The van der Waals surface area contributed by atoms with Crippen LogP contribution in [0.25, 0.3) is 0 Å². The van der Waals surface area contributed by atoms with E-state index in [0.717, 1.165) is 5.57 Å². The number of hydrogen-bond acceptors (Lipinski definition) is 10. The molecule has 0 aromatic heterocycles. The number of carbonyl (C=O) groups is 5. The Hall–Kier alpha value is -3.01. The summed E-state index contributed by atoms with van der Waals surface area (Å²) >= 11 is 0. The number of allylic oxidation sites excluding steroid dienone is 1. The van der Waals surface area contributed by atoms with Crippen molar-refractivity contribution >= 4 is 29.7 Å². The molecule has 1 aliphatic heterocycles. The van der Waals surface area contributed by atoms with Gasteiger partial charge in [-0.05, 0) is 51.5 Å². The second kappa shape index (κ2) is 13.7. The quantitative estimate of drug-likeness (QED) is 0.103. The predicted molar refractivity (Wildman–Crippen MR) is 156 cm³/mol. The van der Waals surface area contributed by atoms with E-state index in [0.29, 0.717) is 31.4 Å². The molecule has 2 saturated carbocycles. The number of ketones is 1. The highest BCUT2D eigenvalue weighted by Gasteiger charge is 2.70. The van der Waals surface area contributed by atoms with E-state index in [9.17, 15) is 24.0 Å². The van der Waals surface area contributed by atoms with Crippen molar-refractivity contribution in [3.63, 3.8) is 0 Å². The Kier molecular flexibility index (Phi) is 11.0. The number of ether oxygens (including phenoxy) is 5. The molecule has 0 radical (unpaired) electrons. The Labute approximate surface area is 254 Å². The minimum absolute atomic E-state index is 0.303. The first kappa shape index (κ1) is 34.5. The fraction of sp³-hybridized carbons (Fsp3) is 0.727. The van der Waals surface area contributed by atoms with Crippen LogP contribution in [0.5, 0.6) is 0 Å². The van der Waals surface area contributed by atoms with Crippen molar-refractivity contribution in [1.29, 1.82) is 0 Å². The van der Waals surface area contributed by atoms with Crippen molar-refractivity contribution in [2.75, 3.05) is 6.61 Å². The van der Waals surface area contributed by atoms with Crippen LogP contribution in [0.3, 0.4) is 0 Å². The fourth-order valence-corrected chi connectivity index (χ4v) is 6.31. The molecule has 1 heterocycles. The smallest absolute Gasteiger partial charge is 0.331 e. The highest BCUT2D eigenvalue weighted by atomic mass is 16.6. The van der Waals surface area contributed by atoms with Gasteiger partial charge in [0, 0.05) is 24.8 Å². The molecule has 0 aromatic rings. The zero-order chi connectivity index (χ0) is 32.4. The van der Waals surface area contributed by atoms with E-state index in [1.54, 1.807) is 20.8 Å². The van der Waals surface area contributed by atoms with Gasteiger partial charge < -0.3 is 23.7 Å². The monoisotopic (exact) mass is 604 g/mol. The van der Waals surface area contributed by atoms with Gasteiger partial charge in [0.2, 0.25) is 0 Å². The first-order chi connectivity index (χ1) is 20.1. The van der Waals surface area contributed by atoms with E-state index in [1.807, 2.05) is 34.6 Å². The van der Waals surface area contributed by atoms with E-state index in [4.69, 9.17) is 23.7 Å². The molecule has 2 aliphatic carbocycles. The van der Waals surface area contributed by atoms with Crippen LogP contribution >= 0.6 is 0 Å². The summed E-state index contributed by atoms with van der Waals surface area (Å²) in [6.07, 6.45) is -1.28. The molecule has 4 unspecified atom stereocenters. The van der Waals surface area contributed by atoms with Crippen LogP contribution < -0.4 is 0 Å². The third kappa shape index (κ3) is 7.21. The zero-order valence-corrected chi connectivity index (χ0v) is 27.0. The largest absolute Gasteiger partial charge is 0.462 e. The van der Waals surface area contributed by atoms with Gasteiger partial charge in [0.1, 0.15) is 12.2 Å². The molecule has 0 N–H and O–H groups in total. The standard InChI is InChI=1S/C33H48O10/c1-11-16(4)14-22(35)41-30-26(33(10)15-39-33)25-23(19(7)28(30)42-31(37)17(5)12-2)29(43-32(38)18(6)13-3)27(36)24(25)20(8)40-21(9)34/h14,17-18,20,23-26,28-30H,7,11-13,15H2,1-6,8-10H3/b16-14-/t17?,18?,20?,23-,24+,25-,26-,28-,29-,30+,33?/m0/s1. The first-order valence-electron chi connectivity index (χ1n) is 15.4. The van der Waals surface area contributed by atoms with Crippen molar-refractivity contribution in [3.8, 4) is 0 Å². The minimum Gasteiger partial charge on any atom is -0.462 e. The Bertz CT molecular complexity index is 1150. The maximum absolute atomic E-state index is 14.2. The molecular formula is C33H48O10. The highest BCUT2D eigenvalue weighted by Crippen LogP contribution is 2.59. The zero-order valence-electron chi connectivity index (χ0n) is 27.0. The summed E-state index contributed by atoms with van der Waals surface area (Å²) in [5.41, 5.74) is 0.248. The van der Waals surface area contributed by atoms with E-state index in [-0.39, 0.29) is 0 Å². The third-order valence-corrected chi connectivity index (χ3v) is 9.48. The lowest BCUT2D eigenvalue weighted by atomic mass is 9.61. The van der Waals surface area contributed by atoms with Crippen molar-refractivity contribution in [2.24, 2.45) is 35.5 Å². The molecule has 0 aromatic carbocycles. The number of rotatable bonds is 12. The Morgan fingerprint density at radius 3 is 1.98 bits per heavy atom. The molecule has 0 amide bonds. The SMILES string of the molecule is C=C1[C@H]2[C@H]([C@H](C3(C)CO3)[C@@H](OC(=O)/C=C(/C)CC)[C@H]1OC(=O)C(C)CC)[C@@H](C(C)OC(C)=O)C(=O)[C@H]2OC(=O)C(C)CC. The molecule has 10 heteroatoms. The van der Waals surface area contributed by atoms with Gasteiger partial charge in [0.25, 0.3) is 0 Å². The summed E-state index contributed by atoms with van der Waals surface area (Å²) < 4.78 is 29.5. The molecule has 3 aliphatic rings. The van der Waals surface area contributed by atoms with Gasteiger partial charge >= 0.3 is 23.9 Å². The molecule has 3 fully saturated rings. The van der Waals surface area contributed by atoms with Gasteiger partial charge in [-0.2, -0.15) is 0 Å². The molecule has 0 bridgehead atoms. The maximum Gasteiger partial charge on any atom is 0.331 e. The van der Waals surface area contributed by atoms with Gasteiger partial charge in [0.05, 0.1) is 30.0 Å². The Morgan fingerprint density at radius 2 is 1.51 bits per heavy atom. The number of Topliss-reactive ketones (excluding diaryl/α,β-unsaturated/α-hetero) is 1. The highest BCUT2D eigenvalue weighted by molar-refractivity contribution is 5.92. The average Bonchev–Trinajstić information content (AvgIpc) is 3.62. The molecule has 1 saturated heterocycles. The molecule has 43 heavy (non-hydrogen) atoms. The lowest BCUT2D eigenvalue weighted by Gasteiger charge is -2.48. The second-order valence-corrected chi connectivity index (χ2v) is 12.6. The lowest BCUT2D eigenvalue weighted by molar-refractivity contribution is -0.184. The predicted octanol–water partition coefficient (Wildman–Crippen LogP) is 4.53. The summed E-state index contributed by atoms with van der Waals surface area (Å²) in [6.45, 7) is 20.2. The van der Waals surface area contributed by atoms with E-state index >= 15 is 0 Å². The topological polar surface area (TPSA) is 135 Å². The van der Waals surface area contributed by atoms with Gasteiger partial charge in [-0.3, -0.25) is 19.2 Å². The van der Waals surface area contributed by atoms with Crippen LogP contribution in [0.15, 0.2) is 23.8 Å². The number of hydrogen-bond donors (Lipinski definition) is 0. The van der Waals surface area contributed by atoms with Gasteiger partial charge in [-0.25, -0.2) is 4.79 Å². The summed E-state index contributed by atoms with van der Waals surface area (Å²) in [5.74, 6) is -6.64. The molecule has 10 nitrogen and oxygen atoms in total. The third-order valence-electron chi connectivity index (χ3n) is 9.48. The molecule has 3 rings (SSSR count).